The zero-order valence-corrected chi connectivity index (χ0v) is 16.8. The Kier molecular flexibility index (Phi) is 8.85. The van der Waals surface area contributed by atoms with Crippen molar-refractivity contribution in [3.8, 4) is 5.75 Å². The van der Waals surface area contributed by atoms with Crippen molar-refractivity contribution in [2.75, 3.05) is 5.32 Å². The highest BCUT2D eigenvalue weighted by Crippen LogP contribution is 2.20. The van der Waals surface area contributed by atoms with Gasteiger partial charge >= 0.3 is 0 Å². The van der Waals surface area contributed by atoms with Crippen molar-refractivity contribution in [3.63, 3.8) is 0 Å². The second kappa shape index (κ2) is 11.6. The number of nitrogens with zero attached hydrogens (tertiary/aromatic N) is 2. The second-order valence-electron chi connectivity index (χ2n) is 6.73. The van der Waals surface area contributed by atoms with E-state index in [0.717, 1.165) is 17.9 Å². The molecule has 0 aliphatic heterocycles. The maximum Gasteiger partial charge on any atom is 0.223 e. The van der Waals surface area contributed by atoms with Crippen LogP contribution in [0.1, 0.15) is 46.0 Å². The van der Waals surface area contributed by atoms with Crippen molar-refractivity contribution in [1.29, 1.82) is 0 Å². The number of rotatable bonds is 9. The molecule has 28 heavy (non-hydrogen) atoms. The summed E-state index contributed by atoms with van der Waals surface area (Å²) in [6.07, 6.45) is 6.26. The first-order valence-corrected chi connectivity index (χ1v) is 9.84. The zero-order valence-electron chi connectivity index (χ0n) is 16.8. The monoisotopic (exact) mass is 381 g/mol. The Hall–Kier alpha value is -3.02. The summed E-state index contributed by atoms with van der Waals surface area (Å²) >= 11 is 0. The molecule has 1 unspecified atom stereocenters. The van der Waals surface area contributed by atoms with E-state index in [4.69, 9.17) is 16.2 Å². The van der Waals surface area contributed by atoms with Crippen molar-refractivity contribution in [3.05, 3.63) is 54.6 Å². The van der Waals surface area contributed by atoms with Crippen LogP contribution in [0, 0.1) is 0 Å². The van der Waals surface area contributed by atoms with E-state index in [1.165, 1.54) is 25.7 Å². The minimum absolute atomic E-state index is 0.0823. The highest BCUT2D eigenvalue weighted by molar-refractivity contribution is 6.01. The highest BCUT2D eigenvalue weighted by Gasteiger charge is 2.04. The van der Waals surface area contributed by atoms with Crippen molar-refractivity contribution in [2.45, 2.75) is 52.1 Å². The van der Waals surface area contributed by atoms with Crippen molar-refractivity contribution < 1.29 is 4.74 Å². The standard InChI is InChI=1S/C22H31N5O/c1-3-4-5-7-10-17(2)28-20-15-13-19(14-16-20)26-22(24)27-21(23)25-18-11-8-6-9-12-18/h6,8-9,11-17H,3-5,7,10H2,1-2H3,(H5,23,24,25,26,27). The molecule has 0 heterocycles. The quantitative estimate of drug-likeness (QED) is 0.330. The van der Waals surface area contributed by atoms with Gasteiger partial charge in [-0.3, -0.25) is 0 Å². The summed E-state index contributed by atoms with van der Waals surface area (Å²) in [6, 6.07) is 17.0. The maximum absolute atomic E-state index is 5.95. The number of unbranched alkanes of at least 4 members (excludes halogenated alkanes) is 3. The number of nitrogens with two attached hydrogens (primary N) is 2. The van der Waals surface area contributed by atoms with Gasteiger partial charge in [0.2, 0.25) is 11.9 Å². The third-order valence-electron chi connectivity index (χ3n) is 4.16. The molecule has 0 aliphatic rings. The third-order valence-corrected chi connectivity index (χ3v) is 4.16. The van der Waals surface area contributed by atoms with Crippen LogP contribution in [-0.2, 0) is 0 Å². The average molecular weight is 382 g/mol. The van der Waals surface area contributed by atoms with Gasteiger partial charge < -0.3 is 21.5 Å². The van der Waals surface area contributed by atoms with Gasteiger partial charge in [-0.25, -0.2) is 4.99 Å². The molecule has 6 nitrogen and oxygen atoms in total. The van der Waals surface area contributed by atoms with Crippen LogP contribution >= 0.6 is 0 Å². The summed E-state index contributed by atoms with van der Waals surface area (Å²) in [4.78, 5) is 8.33. The smallest absolute Gasteiger partial charge is 0.223 e. The van der Waals surface area contributed by atoms with Crippen molar-refractivity contribution in [1.82, 2.24) is 0 Å². The number of anilines is 1. The Balaban J connectivity index is 1.87. The fraction of sp³-hybridized carbons (Fsp3) is 0.364. The summed E-state index contributed by atoms with van der Waals surface area (Å²) < 4.78 is 5.95. The van der Waals surface area contributed by atoms with Gasteiger partial charge in [0, 0.05) is 5.69 Å². The van der Waals surface area contributed by atoms with Gasteiger partial charge in [-0.05, 0) is 56.2 Å². The molecular weight excluding hydrogens is 350 g/mol. The Morgan fingerprint density at radius 1 is 1.00 bits per heavy atom. The predicted molar refractivity (Wildman–Crippen MR) is 118 cm³/mol. The molecule has 0 bridgehead atoms. The normalized spacial score (nSPS) is 13.2. The van der Waals surface area contributed by atoms with Crippen LogP contribution in [0.15, 0.2) is 64.6 Å². The molecule has 0 aliphatic carbocycles. The molecule has 5 N–H and O–H groups in total. The molecule has 0 aromatic heterocycles. The molecule has 0 saturated carbocycles. The summed E-state index contributed by atoms with van der Waals surface area (Å²) in [6.45, 7) is 4.32. The lowest BCUT2D eigenvalue weighted by Gasteiger charge is -2.14. The van der Waals surface area contributed by atoms with Crippen LogP contribution < -0.4 is 21.5 Å². The van der Waals surface area contributed by atoms with E-state index >= 15 is 0 Å². The van der Waals surface area contributed by atoms with Crippen molar-refractivity contribution in [2.24, 2.45) is 21.5 Å². The Bertz CT molecular complexity index is 756. The van der Waals surface area contributed by atoms with Gasteiger partial charge in [-0.2, -0.15) is 4.99 Å². The summed E-state index contributed by atoms with van der Waals surface area (Å²) in [7, 11) is 0. The minimum atomic E-state index is 0.0823. The average Bonchev–Trinajstić information content (AvgIpc) is 2.67. The fourth-order valence-corrected chi connectivity index (χ4v) is 2.73. The Morgan fingerprint density at radius 3 is 2.39 bits per heavy atom. The van der Waals surface area contributed by atoms with Crippen LogP contribution in [0.3, 0.4) is 0 Å². The highest BCUT2D eigenvalue weighted by atomic mass is 16.5. The Labute approximate surface area is 167 Å². The Morgan fingerprint density at radius 2 is 1.71 bits per heavy atom. The number of nitrogens with one attached hydrogen (secondary N) is 1. The van der Waals surface area contributed by atoms with E-state index in [1.54, 1.807) is 0 Å². The molecule has 150 valence electrons. The minimum Gasteiger partial charge on any atom is -0.491 e. The molecule has 0 saturated heterocycles. The lowest BCUT2D eigenvalue weighted by molar-refractivity contribution is 0.206. The fourth-order valence-electron chi connectivity index (χ4n) is 2.73. The first-order valence-electron chi connectivity index (χ1n) is 9.84. The number of hydrogen-bond donors (Lipinski definition) is 3. The van der Waals surface area contributed by atoms with E-state index in [-0.39, 0.29) is 18.0 Å². The SMILES string of the molecule is CCCCCCC(C)Oc1ccc(N=C(N)/N=C(\N)Nc2ccccc2)cc1. The molecular formula is C22H31N5O. The van der Waals surface area contributed by atoms with Gasteiger partial charge in [0.15, 0.2) is 0 Å². The van der Waals surface area contributed by atoms with Crippen LogP contribution in [0.2, 0.25) is 0 Å². The largest absolute Gasteiger partial charge is 0.491 e. The lowest BCUT2D eigenvalue weighted by atomic mass is 10.1. The number of para-hydroxylation sites is 1. The van der Waals surface area contributed by atoms with Crippen LogP contribution in [-0.4, -0.2) is 18.0 Å². The zero-order chi connectivity index (χ0) is 20.2. The number of benzene rings is 2. The first kappa shape index (κ1) is 21.3. The van der Waals surface area contributed by atoms with Gasteiger partial charge in [0.1, 0.15) is 5.75 Å². The van der Waals surface area contributed by atoms with Gasteiger partial charge in [0.05, 0.1) is 11.8 Å². The maximum atomic E-state index is 5.95. The number of hydrogen-bond acceptors (Lipinski definition) is 2. The molecule has 0 spiro atoms. The van der Waals surface area contributed by atoms with Crippen LogP contribution in [0.5, 0.6) is 5.75 Å². The van der Waals surface area contributed by atoms with E-state index in [2.05, 4.69) is 29.1 Å². The second-order valence-corrected chi connectivity index (χ2v) is 6.73. The molecule has 2 aromatic rings. The molecule has 0 amide bonds. The number of ether oxygens (including phenoxy) is 1. The summed E-state index contributed by atoms with van der Waals surface area (Å²) in [5, 5.41) is 2.96. The topological polar surface area (TPSA) is 98.0 Å². The van der Waals surface area contributed by atoms with E-state index < -0.39 is 0 Å². The number of aliphatic imine (C=N–C) groups is 2. The van der Waals surface area contributed by atoms with Crippen LogP contribution in [0.25, 0.3) is 0 Å². The molecule has 6 heteroatoms. The third kappa shape index (κ3) is 8.12. The van der Waals surface area contributed by atoms with E-state index in [9.17, 15) is 0 Å². The summed E-state index contributed by atoms with van der Waals surface area (Å²) in [5.41, 5.74) is 13.3. The molecule has 0 radical (unpaired) electrons. The summed E-state index contributed by atoms with van der Waals surface area (Å²) in [5.74, 6) is 1.09. The molecule has 0 fully saturated rings. The van der Waals surface area contributed by atoms with E-state index in [1.807, 2.05) is 54.6 Å². The molecule has 2 rings (SSSR count). The van der Waals surface area contributed by atoms with Crippen molar-refractivity contribution >= 4 is 23.3 Å². The molecule has 2 aromatic carbocycles. The molecule has 1 atom stereocenters. The predicted octanol–water partition coefficient (Wildman–Crippen LogP) is 4.80. The number of guanidine groups is 2. The van der Waals surface area contributed by atoms with Gasteiger partial charge in [-0.1, -0.05) is 44.4 Å². The van der Waals surface area contributed by atoms with E-state index in [0.29, 0.717) is 5.69 Å². The van der Waals surface area contributed by atoms with Gasteiger partial charge in [-0.15, -0.1) is 0 Å². The first-order chi connectivity index (χ1) is 13.6. The lowest BCUT2D eigenvalue weighted by Crippen LogP contribution is -2.25. The van der Waals surface area contributed by atoms with Gasteiger partial charge in [0.25, 0.3) is 0 Å². The van der Waals surface area contributed by atoms with Crippen LogP contribution in [0.4, 0.5) is 11.4 Å².